The first-order valence-electron chi connectivity index (χ1n) is 7.38. The molecule has 4 nitrogen and oxygen atoms in total. The van der Waals surface area contributed by atoms with Gasteiger partial charge in [0.2, 0.25) is 0 Å². The second kappa shape index (κ2) is 6.23. The number of hydrogen-bond donors (Lipinski definition) is 2. The van der Waals surface area contributed by atoms with Crippen LogP contribution in [0.3, 0.4) is 0 Å². The predicted octanol–water partition coefficient (Wildman–Crippen LogP) is 2.76. The molecule has 0 heterocycles. The average Bonchev–Trinajstić information content (AvgIpc) is 2.55. The molecule has 0 unspecified atom stereocenters. The van der Waals surface area contributed by atoms with Gasteiger partial charge in [-0.3, -0.25) is 4.79 Å². The topological polar surface area (TPSA) is 81.5 Å². The highest BCUT2D eigenvalue weighted by atomic mass is 19.1. The molecule has 0 atom stereocenters. The number of nitrogens with zero attached hydrogens (tertiary/aromatic N) is 1. The number of aryl methyl sites for hydroxylation is 1. The molecule has 122 valence electrons. The third-order valence-corrected chi connectivity index (χ3v) is 3.86. The maximum atomic E-state index is 14.1. The minimum Gasteiger partial charge on any atom is -0.370 e. The molecule has 3 rings (SSSR count). The molecule has 0 saturated carbocycles. The van der Waals surface area contributed by atoms with Crippen LogP contribution in [-0.2, 0) is 6.42 Å². The number of rotatable bonds is 2. The van der Waals surface area contributed by atoms with Crippen molar-refractivity contribution in [3.8, 4) is 0 Å². The number of carbonyl (C=O) groups excluding carboxylic acids is 1. The molecule has 4 N–H and O–H groups in total. The van der Waals surface area contributed by atoms with E-state index in [-0.39, 0.29) is 17.1 Å². The molecule has 0 saturated heterocycles. The van der Waals surface area contributed by atoms with Crippen LogP contribution in [-0.4, -0.2) is 11.9 Å². The number of carbonyl (C=O) groups is 1. The highest BCUT2D eigenvalue weighted by Crippen LogP contribution is 2.34. The molecule has 0 radical (unpaired) electrons. The fraction of sp³-hybridized carbons (Fsp3) is 0.111. The van der Waals surface area contributed by atoms with Crippen molar-refractivity contribution in [2.75, 3.05) is 0 Å². The summed E-state index contributed by atoms with van der Waals surface area (Å²) in [5.41, 5.74) is 13.1. The van der Waals surface area contributed by atoms with E-state index >= 15 is 0 Å². The summed E-state index contributed by atoms with van der Waals surface area (Å²) >= 11 is 0. The molecular weight excluding hydrogens is 312 g/mol. The van der Waals surface area contributed by atoms with Crippen LogP contribution in [0.1, 0.15) is 33.5 Å². The molecule has 1 aliphatic rings. The van der Waals surface area contributed by atoms with E-state index in [2.05, 4.69) is 4.99 Å². The lowest BCUT2D eigenvalue weighted by atomic mass is 9.85. The number of fused-ring (bicyclic) bond motifs is 1. The highest BCUT2D eigenvalue weighted by Gasteiger charge is 2.19. The zero-order chi connectivity index (χ0) is 17.3. The van der Waals surface area contributed by atoms with Gasteiger partial charge in [0.1, 0.15) is 11.6 Å². The van der Waals surface area contributed by atoms with Crippen LogP contribution in [0.4, 0.5) is 8.78 Å². The summed E-state index contributed by atoms with van der Waals surface area (Å²) in [4.78, 5) is 15.5. The smallest absolute Gasteiger partial charge is 0.280 e. The van der Waals surface area contributed by atoms with Crippen molar-refractivity contribution in [3.63, 3.8) is 0 Å². The number of halogens is 2. The maximum Gasteiger partial charge on any atom is 0.280 e. The van der Waals surface area contributed by atoms with Gasteiger partial charge in [0.15, 0.2) is 5.96 Å². The van der Waals surface area contributed by atoms with Gasteiger partial charge < -0.3 is 11.5 Å². The second-order valence-electron chi connectivity index (χ2n) is 5.49. The lowest BCUT2D eigenvalue weighted by Crippen LogP contribution is -2.24. The quantitative estimate of drug-likeness (QED) is 0.657. The van der Waals surface area contributed by atoms with Gasteiger partial charge in [0, 0.05) is 11.1 Å². The number of benzene rings is 2. The van der Waals surface area contributed by atoms with Crippen LogP contribution in [0.5, 0.6) is 0 Å². The van der Waals surface area contributed by atoms with Gasteiger partial charge in [-0.15, -0.1) is 0 Å². The Hall–Kier alpha value is -3.02. The lowest BCUT2D eigenvalue weighted by Gasteiger charge is -2.19. The van der Waals surface area contributed by atoms with Crippen LogP contribution in [0, 0.1) is 11.6 Å². The van der Waals surface area contributed by atoms with E-state index in [1.165, 1.54) is 0 Å². The van der Waals surface area contributed by atoms with Gasteiger partial charge in [0.05, 0.1) is 0 Å². The van der Waals surface area contributed by atoms with Crippen LogP contribution >= 0.6 is 0 Å². The van der Waals surface area contributed by atoms with Gasteiger partial charge in [0.25, 0.3) is 5.91 Å². The minimum atomic E-state index is -0.581. The van der Waals surface area contributed by atoms with E-state index in [0.717, 1.165) is 30.2 Å². The van der Waals surface area contributed by atoms with Gasteiger partial charge in [-0.2, -0.15) is 4.99 Å². The van der Waals surface area contributed by atoms with E-state index in [0.29, 0.717) is 17.6 Å². The Balaban J connectivity index is 2.11. The average molecular weight is 327 g/mol. The molecule has 1 amide bonds. The Morgan fingerprint density at radius 3 is 2.58 bits per heavy atom. The van der Waals surface area contributed by atoms with Crippen LogP contribution in [0.2, 0.25) is 0 Å². The number of hydrogen-bond acceptors (Lipinski definition) is 1. The van der Waals surface area contributed by atoms with E-state index in [1.54, 1.807) is 18.2 Å². The number of aliphatic imine (C=N–C) groups is 1. The molecule has 6 heteroatoms. The fourth-order valence-electron chi connectivity index (χ4n) is 2.80. The van der Waals surface area contributed by atoms with Gasteiger partial charge >= 0.3 is 0 Å². The third-order valence-electron chi connectivity index (χ3n) is 3.86. The lowest BCUT2D eigenvalue weighted by molar-refractivity contribution is 0.100. The van der Waals surface area contributed by atoms with E-state index in [1.807, 2.05) is 6.08 Å². The van der Waals surface area contributed by atoms with Crippen molar-refractivity contribution >= 4 is 17.4 Å². The zero-order valence-corrected chi connectivity index (χ0v) is 12.7. The molecule has 0 fully saturated rings. The molecule has 0 spiro atoms. The number of allylic oxidation sites excluding steroid dienone is 1. The minimum absolute atomic E-state index is 0.169. The van der Waals surface area contributed by atoms with Crippen LogP contribution in [0.15, 0.2) is 47.5 Å². The molecule has 0 aliphatic heterocycles. The first-order valence-corrected chi connectivity index (χ1v) is 7.38. The Morgan fingerprint density at radius 2 is 1.83 bits per heavy atom. The third kappa shape index (κ3) is 3.03. The Morgan fingerprint density at radius 1 is 1.04 bits per heavy atom. The number of amides is 1. The molecule has 2 aromatic carbocycles. The molecule has 0 bridgehead atoms. The number of nitrogens with two attached hydrogens (primary N) is 2. The Bertz CT molecular complexity index is 884. The van der Waals surface area contributed by atoms with E-state index in [4.69, 9.17) is 11.5 Å². The van der Waals surface area contributed by atoms with Gasteiger partial charge in [-0.05, 0) is 59.9 Å². The Kier molecular flexibility index (Phi) is 4.12. The SMILES string of the molecule is NC(N)=NC(=O)c1ccc2c(c1)C(c1cc(F)ccc1F)=CCC2. The van der Waals surface area contributed by atoms with E-state index in [9.17, 15) is 13.6 Å². The van der Waals surface area contributed by atoms with Crippen molar-refractivity contribution in [2.24, 2.45) is 16.5 Å². The standard InChI is InChI=1S/C18H15F2N3O/c19-12-6-7-16(20)15(9-12)13-3-1-2-10-4-5-11(8-14(10)13)17(24)23-18(21)22/h3-9H,1-2H2,(H4,21,22,23,24). The van der Waals surface area contributed by atoms with Gasteiger partial charge in [-0.25, -0.2) is 8.78 Å². The van der Waals surface area contributed by atoms with Crippen LogP contribution < -0.4 is 11.5 Å². The van der Waals surface area contributed by atoms with Crippen LogP contribution in [0.25, 0.3) is 5.57 Å². The molecule has 0 aromatic heterocycles. The molecule has 24 heavy (non-hydrogen) atoms. The summed E-state index contributed by atoms with van der Waals surface area (Å²) in [6.45, 7) is 0. The first kappa shape index (κ1) is 15.9. The normalized spacial score (nSPS) is 13.0. The monoisotopic (exact) mass is 327 g/mol. The van der Waals surface area contributed by atoms with Crippen molar-refractivity contribution in [1.82, 2.24) is 0 Å². The van der Waals surface area contributed by atoms with Crippen molar-refractivity contribution in [2.45, 2.75) is 12.8 Å². The Labute approximate surface area is 137 Å². The van der Waals surface area contributed by atoms with Crippen molar-refractivity contribution < 1.29 is 13.6 Å². The summed E-state index contributed by atoms with van der Waals surface area (Å²) < 4.78 is 27.7. The molecular formula is C18H15F2N3O. The first-order chi connectivity index (χ1) is 11.5. The summed E-state index contributed by atoms with van der Waals surface area (Å²) in [6, 6.07) is 8.34. The van der Waals surface area contributed by atoms with Crippen molar-refractivity contribution in [3.05, 3.63) is 76.4 Å². The highest BCUT2D eigenvalue weighted by molar-refractivity contribution is 6.02. The summed E-state index contributed by atoms with van der Waals surface area (Å²) in [5, 5.41) is 0. The van der Waals surface area contributed by atoms with E-state index < -0.39 is 17.5 Å². The summed E-state index contributed by atoms with van der Waals surface area (Å²) in [5.74, 6) is -1.95. The summed E-state index contributed by atoms with van der Waals surface area (Å²) in [7, 11) is 0. The fourth-order valence-corrected chi connectivity index (χ4v) is 2.80. The predicted molar refractivity (Wildman–Crippen MR) is 88.3 cm³/mol. The summed E-state index contributed by atoms with van der Waals surface area (Å²) in [6.07, 6.45) is 3.31. The number of guanidine groups is 1. The second-order valence-corrected chi connectivity index (χ2v) is 5.49. The largest absolute Gasteiger partial charge is 0.370 e. The zero-order valence-electron chi connectivity index (χ0n) is 12.7. The molecule has 1 aliphatic carbocycles. The van der Waals surface area contributed by atoms with Gasteiger partial charge in [-0.1, -0.05) is 12.1 Å². The maximum absolute atomic E-state index is 14.1. The molecule has 2 aromatic rings. The van der Waals surface area contributed by atoms with Crippen molar-refractivity contribution in [1.29, 1.82) is 0 Å².